The molecule has 1 N–H and O–H groups in total. The van der Waals surface area contributed by atoms with Crippen molar-refractivity contribution >= 4 is 24.0 Å². The largest absolute Gasteiger partial charge is 0.467 e. The Labute approximate surface area is 187 Å². The number of ether oxygens (including phenoxy) is 1. The molecule has 1 atom stereocenters. The Morgan fingerprint density at radius 2 is 2.23 bits per heavy atom. The lowest BCUT2D eigenvalue weighted by molar-refractivity contribution is 0.0953. The molecule has 162 valence electrons. The predicted molar refractivity (Wildman–Crippen MR) is 116 cm³/mol. The third-order valence-electron chi connectivity index (χ3n) is 5.13. The molecule has 4 aromatic rings. The predicted octanol–water partition coefficient (Wildman–Crippen LogP) is 3.05. The molecule has 4 aromatic heterocycles. The zero-order chi connectivity index (χ0) is 21.2. The van der Waals surface area contributed by atoms with Crippen LogP contribution in [-0.4, -0.2) is 52.0 Å². The first-order valence-corrected chi connectivity index (χ1v) is 11.4. The van der Waals surface area contributed by atoms with Gasteiger partial charge in [-0.15, -0.1) is 10.2 Å². The zero-order valence-corrected chi connectivity index (χ0v) is 18.6. The van der Waals surface area contributed by atoms with Crippen molar-refractivity contribution in [3.05, 3.63) is 47.0 Å². The van der Waals surface area contributed by atoms with Gasteiger partial charge in [0.1, 0.15) is 17.3 Å². The van der Waals surface area contributed by atoms with E-state index in [9.17, 15) is 0 Å². The lowest BCUT2D eigenvalue weighted by Crippen LogP contribution is -2.17. The maximum Gasteiger partial charge on any atom is 0.195 e. The van der Waals surface area contributed by atoms with E-state index in [-0.39, 0.29) is 6.10 Å². The summed E-state index contributed by atoms with van der Waals surface area (Å²) in [7, 11) is 1.89. The molecule has 10 nitrogen and oxygen atoms in total. The van der Waals surface area contributed by atoms with E-state index >= 15 is 0 Å². The monoisotopic (exact) mass is 458 g/mol. The van der Waals surface area contributed by atoms with Crippen molar-refractivity contribution in [2.75, 3.05) is 6.61 Å². The highest BCUT2D eigenvalue weighted by Crippen LogP contribution is 2.27. The van der Waals surface area contributed by atoms with E-state index in [0.717, 1.165) is 47.7 Å². The molecular formula is C19H22N8O2S2. The zero-order valence-electron chi connectivity index (χ0n) is 17.0. The number of nitrogens with one attached hydrogen (secondary N) is 1. The average Bonchev–Trinajstić information content (AvgIpc) is 3.57. The first-order valence-electron chi connectivity index (χ1n) is 10.0. The molecule has 0 spiro atoms. The highest BCUT2D eigenvalue weighted by atomic mass is 32.2. The Bertz CT molecular complexity index is 1200. The Hall–Kier alpha value is -2.70. The standard InChI is InChI=1S/C19H22N8O2S2/c1-25-7-6-15(24-25)17-21-23-19(27(17)11-14-5-3-9-29-14)31-12-16-20-22-18(30)26(16)10-13-4-2-8-28-13/h2,4,6-8,14H,3,5,9-12H2,1H3,(H,22,30)/t14-/m1/s1. The second-order valence-corrected chi connectivity index (χ2v) is 8.65. The van der Waals surface area contributed by atoms with Gasteiger partial charge in [0.05, 0.1) is 31.2 Å². The number of rotatable bonds is 8. The number of aryl methyl sites for hydroxylation is 1. The van der Waals surface area contributed by atoms with E-state index in [2.05, 4.69) is 30.1 Å². The van der Waals surface area contributed by atoms with Gasteiger partial charge in [0.15, 0.2) is 15.8 Å². The van der Waals surface area contributed by atoms with E-state index in [1.807, 2.05) is 36.0 Å². The Kier molecular flexibility index (Phi) is 5.74. The average molecular weight is 459 g/mol. The number of hydrogen-bond donors (Lipinski definition) is 1. The Morgan fingerprint density at radius 1 is 1.29 bits per heavy atom. The molecule has 0 aliphatic carbocycles. The lowest BCUT2D eigenvalue weighted by Gasteiger charge is -2.14. The van der Waals surface area contributed by atoms with Gasteiger partial charge in [-0.25, -0.2) is 0 Å². The Morgan fingerprint density at radius 3 is 2.97 bits per heavy atom. The van der Waals surface area contributed by atoms with Crippen LogP contribution in [0, 0.1) is 4.77 Å². The van der Waals surface area contributed by atoms with Gasteiger partial charge in [-0.3, -0.25) is 18.9 Å². The van der Waals surface area contributed by atoms with Crippen LogP contribution in [0.5, 0.6) is 0 Å². The van der Waals surface area contributed by atoms with E-state index < -0.39 is 0 Å². The maximum absolute atomic E-state index is 5.86. The number of thioether (sulfide) groups is 1. The van der Waals surface area contributed by atoms with E-state index in [1.54, 1.807) is 22.7 Å². The van der Waals surface area contributed by atoms with Crippen LogP contribution in [-0.2, 0) is 30.6 Å². The first-order chi connectivity index (χ1) is 15.2. The minimum absolute atomic E-state index is 0.159. The molecule has 1 fully saturated rings. The highest BCUT2D eigenvalue weighted by Gasteiger charge is 2.23. The number of H-pyrrole nitrogens is 1. The summed E-state index contributed by atoms with van der Waals surface area (Å²) in [5, 5.41) is 21.5. The molecule has 5 heterocycles. The van der Waals surface area contributed by atoms with Crippen molar-refractivity contribution in [1.82, 2.24) is 39.3 Å². The summed E-state index contributed by atoms with van der Waals surface area (Å²) < 4.78 is 17.7. The smallest absolute Gasteiger partial charge is 0.195 e. The molecule has 5 rings (SSSR count). The van der Waals surface area contributed by atoms with Crippen LogP contribution >= 0.6 is 24.0 Å². The van der Waals surface area contributed by atoms with Gasteiger partial charge in [0.25, 0.3) is 0 Å². The van der Waals surface area contributed by atoms with Crippen LogP contribution in [0.15, 0.2) is 40.2 Å². The van der Waals surface area contributed by atoms with Crippen molar-refractivity contribution in [2.45, 2.75) is 42.9 Å². The summed E-state index contributed by atoms with van der Waals surface area (Å²) in [5.74, 6) is 2.97. The van der Waals surface area contributed by atoms with Gasteiger partial charge in [-0.1, -0.05) is 11.8 Å². The van der Waals surface area contributed by atoms with Gasteiger partial charge < -0.3 is 9.15 Å². The second-order valence-electron chi connectivity index (χ2n) is 7.33. The molecule has 0 unspecified atom stereocenters. The lowest BCUT2D eigenvalue weighted by atomic mass is 10.2. The molecule has 0 radical (unpaired) electrons. The van der Waals surface area contributed by atoms with Gasteiger partial charge >= 0.3 is 0 Å². The molecule has 0 bridgehead atoms. The van der Waals surface area contributed by atoms with Gasteiger partial charge in [0, 0.05) is 19.9 Å². The number of aromatic amines is 1. The van der Waals surface area contributed by atoms with E-state index in [4.69, 9.17) is 21.4 Å². The molecular weight excluding hydrogens is 436 g/mol. The topological polar surface area (TPSA) is 105 Å². The molecule has 12 heteroatoms. The molecule has 1 aliphatic heterocycles. The van der Waals surface area contributed by atoms with Crippen molar-refractivity contribution in [3.8, 4) is 11.5 Å². The minimum atomic E-state index is 0.159. The Balaban J connectivity index is 1.39. The quantitative estimate of drug-likeness (QED) is 0.317. The van der Waals surface area contributed by atoms with Gasteiger partial charge in [0.2, 0.25) is 0 Å². The molecule has 0 saturated carbocycles. The number of nitrogens with zero attached hydrogens (tertiary/aromatic N) is 7. The van der Waals surface area contributed by atoms with Crippen molar-refractivity contribution in [3.63, 3.8) is 0 Å². The van der Waals surface area contributed by atoms with Crippen molar-refractivity contribution in [2.24, 2.45) is 7.05 Å². The number of hydrogen-bond acceptors (Lipinski definition) is 8. The maximum atomic E-state index is 5.86. The van der Waals surface area contributed by atoms with Gasteiger partial charge in [-0.2, -0.15) is 10.2 Å². The number of furan rings is 1. The second kappa shape index (κ2) is 8.81. The fourth-order valence-corrected chi connectivity index (χ4v) is 4.70. The fourth-order valence-electron chi connectivity index (χ4n) is 3.59. The third kappa shape index (κ3) is 4.36. The van der Waals surface area contributed by atoms with Crippen LogP contribution in [0.2, 0.25) is 0 Å². The summed E-state index contributed by atoms with van der Waals surface area (Å²) in [6.07, 6.45) is 5.83. The van der Waals surface area contributed by atoms with Crippen LogP contribution in [0.1, 0.15) is 24.4 Å². The SMILES string of the molecule is Cn1ccc(-c2nnc(SCc3n[nH]c(=S)n3Cc3ccco3)n2C[C@H]2CCCO2)n1. The van der Waals surface area contributed by atoms with Crippen molar-refractivity contribution < 1.29 is 9.15 Å². The van der Waals surface area contributed by atoms with Crippen LogP contribution in [0.25, 0.3) is 11.5 Å². The number of aromatic nitrogens is 8. The summed E-state index contributed by atoms with van der Waals surface area (Å²) in [5.41, 5.74) is 0.792. The molecule has 0 aromatic carbocycles. The molecule has 1 saturated heterocycles. The first kappa shape index (κ1) is 20.2. The van der Waals surface area contributed by atoms with Gasteiger partial charge in [-0.05, 0) is 43.3 Å². The summed E-state index contributed by atoms with van der Waals surface area (Å²) in [6, 6.07) is 5.72. The normalized spacial score (nSPS) is 16.4. The van der Waals surface area contributed by atoms with Crippen LogP contribution in [0.4, 0.5) is 0 Å². The van der Waals surface area contributed by atoms with Crippen LogP contribution in [0.3, 0.4) is 0 Å². The summed E-state index contributed by atoms with van der Waals surface area (Å²) >= 11 is 6.97. The third-order valence-corrected chi connectivity index (χ3v) is 6.41. The fraction of sp³-hybridized carbons (Fsp3) is 0.421. The molecule has 0 amide bonds. The molecule has 31 heavy (non-hydrogen) atoms. The molecule has 1 aliphatic rings. The van der Waals surface area contributed by atoms with Crippen LogP contribution < -0.4 is 0 Å². The minimum Gasteiger partial charge on any atom is -0.467 e. The summed E-state index contributed by atoms with van der Waals surface area (Å²) in [6.45, 7) is 2.02. The van der Waals surface area contributed by atoms with E-state index in [0.29, 0.717) is 23.6 Å². The van der Waals surface area contributed by atoms with E-state index in [1.165, 1.54) is 0 Å². The van der Waals surface area contributed by atoms with Crippen molar-refractivity contribution in [1.29, 1.82) is 0 Å². The highest BCUT2D eigenvalue weighted by molar-refractivity contribution is 7.98. The summed E-state index contributed by atoms with van der Waals surface area (Å²) in [4.78, 5) is 0.